The average molecular weight is 341 g/mol. The van der Waals surface area contributed by atoms with Gasteiger partial charge in [0.25, 0.3) is 0 Å². The molecule has 1 aromatic rings. The Labute approximate surface area is 131 Å². The zero-order valence-electron chi connectivity index (χ0n) is 12.3. The number of ether oxygens (including phenoxy) is 2. The van der Waals surface area contributed by atoms with Gasteiger partial charge in [-0.1, -0.05) is 59.6 Å². The fourth-order valence-electron chi connectivity index (χ4n) is 1.91. The molecule has 1 atom stereocenters. The average Bonchev–Trinajstić information content (AvgIpc) is 2.47. The molecule has 0 spiro atoms. The van der Waals surface area contributed by atoms with Gasteiger partial charge in [0.2, 0.25) is 0 Å². The van der Waals surface area contributed by atoms with Crippen molar-refractivity contribution >= 4 is 22.0 Å². The fourth-order valence-corrected chi connectivity index (χ4v) is 2.31. The Bertz CT molecular complexity index is 379. The molecule has 0 bridgehead atoms. The molecule has 1 aromatic carbocycles. The van der Waals surface area contributed by atoms with Gasteiger partial charge in [-0.15, -0.1) is 0 Å². The number of hydrogen-bond acceptors (Lipinski definition) is 2. The quantitative estimate of drug-likeness (QED) is 0.413. The summed E-state index contributed by atoms with van der Waals surface area (Å²) in [5.41, 5.74) is 1.02. The third-order valence-corrected chi connectivity index (χ3v) is 3.55. The van der Waals surface area contributed by atoms with Crippen LogP contribution < -0.4 is 4.74 Å². The molecule has 0 N–H and O–H groups in total. The number of halogens is 1. The van der Waals surface area contributed by atoms with Gasteiger partial charge in [0.05, 0.1) is 6.61 Å². The summed E-state index contributed by atoms with van der Waals surface area (Å²) < 4.78 is 11.5. The molecular formula is C17H25BrO2. The van der Waals surface area contributed by atoms with Crippen molar-refractivity contribution in [2.75, 3.05) is 18.5 Å². The molecule has 2 nitrogen and oxygen atoms in total. The largest absolute Gasteiger partial charge is 0.488 e. The lowest BCUT2D eigenvalue weighted by molar-refractivity contribution is 0.0565. The van der Waals surface area contributed by atoms with Gasteiger partial charge in [0.1, 0.15) is 11.9 Å². The Morgan fingerprint density at radius 2 is 1.95 bits per heavy atom. The number of rotatable bonds is 11. The predicted octanol–water partition coefficient (Wildman–Crippen LogP) is 5.07. The van der Waals surface area contributed by atoms with Crippen LogP contribution in [0.15, 0.2) is 30.8 Å². The summed E-state index contributed by atoms with van der Waals surface area (Å²) in [6.45, 7) is 7.28. The standard InChI is InChI=1S/C17H25BrO2/c1-3-16-10-6-7-11-17(16)20-15(2)14-19-13-9-5-4-8-12-18/h3,6-7,10-11,15H,1,4-5,8-9,12-14H2,2H3. The van der Waals surface area contributed by atoms with Crippen molar-refractivity contribution in [2.45, 2.75) is 38.7 Å². The van der Waals surface area contributed by atoms with Crippen LogP contribution in [0.4, 0.5) is 0 Å². The second-order valence-electron chi connectivity index (χ2n) is 4.85. The van der Waals surface area contributed by atoms with Crippen molar-refractivity contribution < 1.29 is 9.47 Å². The van der Waals surface area contributed by atoms with Crippen LogP contribution in [0.5, 0.6) is 5.75 Å². The molecule has 0 fully saturated rings. The zero-order chi connectivity index (χ0) is 14.6. The van der Waals surface area contributed by atoms with Crippen molar-refractivity contribution in [3.63, 3.8) is 0 Å². The summed E-state index contributed by atoms with van der Waals surface area (Å²) in [6, 6.07) is 7.92. The summed E-state index contributed by atoms with van der Waals surface area (Å²) in [5.74, 6) is 0.871. The van der Waals surface area contributed by atoms with Crippen molar-refractivity contribution in [1.82, 2.24) is 0 Å². The Kier molecular flexibility index (Phi) is 9.42. The molecule has 3 heteroatoms. The van der Waals surface area contributed by atoms with Crippen LogP contribution in [0.25, 0.3) is 6.08 Å². The molecule has 1 unspecified atom stereocenters. The first-order chi connectivity index (χ1) is 9.77. The highest BCUT2D eigenvalue weighted by Gasteiger charge is 2.06. The summed E-state index contributed by atoms with van der Waals surface area (Å²) >= 11 is 3.44. The van der Waals surface area contributed by atoms with Gasteiger partial charge in [0.15, 0.2) is 0 Å². The van der Waals surface area contributed by atoms with Crippen LogP contribution in [0.1, 0.15) is 38.2 Å². The molecule has 112 valence electrons. The van der Waals surface area contributed by atoms with Crippen LogP contribution in [0, 0.1) is 0 Å². The number of para-hydroxylation sites is 1. The van der Waals surface area contributed by atoms with Gasteiger partial charge in [-0.2, -0.15) is 0 Å². The molecule has 0 aromatic heterocycles. The maximum atomic E-state index is 5.88. The molecule has 0 aliphatic heterocycles. The van der Waals surface area contributed by atoms with E-state index in [1.807, 2.05) is 37.3 Å². The lowest BCUT2D eigenvalue weighted by atomic mass is 10.2. The van der Waals surface area contributed by atoms with Gasteiger partial charge >= 0.3 is 0 Å². The summed E-state index contributed by atoms with van der Waals surface area (Å²) in [4.78, 5) is 0. The normalized spacial score (nSPS) is 12.1. The SMILES string of the molecule is C=Cc1ccccc1OC(C)COCCCCCCBr. The first kappa shape index (κ1) is 17.3. The van der Waals surface area contributed by atoms with Crippen LogP contribution in [-0.4, -0.2) is 24.6 Å². The number of benzene rings is 1. The number of unbranched alkanes of at least 4 members (excludes halogenated alkanes) is 3. The number of hydrogen-bond donors (Lipinski definition) is 0. The minimum Gasteiger partial charge on any atom is -0.488 e. The highest BCUT2D eigenvalue weighted by molar-refractivity contribution is 9.09. The third kappa shape index (κ3) is 7.11. The first-order valence-electron chi connectivity index (χ1n) is 7.29. The van der Waals surface area contributed by atoms with Gasteiger partial charge < -0.3 is 9.47 Å². The lowest BCUT2D eigenvalue weighted by Gasteiger charge is -2.16. The fraction of sp³-hybridized carbons (Fsp3) is 0.529. The molecule has 0 aliphatic carbocycles. The summed E-state index contributed by atoms with van der Waals surface area (Å²) in [6.07, 6.45) is 6.75. The maximum Gasteiger partial charge on any atom is 0.127 e. The Balaban J connectivity index is 2.17. The predicted molar refractivity (Wildman–Crippen MR) is 89.7 cm³/mol. The van der Waals surface area contributed by atoms with Crippen molar-refractivity contribution in [3.8, 4) is 5.75 Å². The van der Waals surface area contributed by atoms with E-state index in [0.717, 1.165) is 29.7 Å². The lowest BCUT2D eigenvalue weighted by Crippen LogP contribution is -2.19. The Morgan fingerprint density at radius 1 is 1.20 bits per heavy atom. The van der Waals surface area contributed by atoms with Crippen LogP contribution in [0.2, 0.25) is 0 Å². The van der Waals surface area contributed by atoms with Gasteiger partial charge in [-0.3, -0.25) is 0 Å². The monoisotopic (exact) mass is 340 g/mol. The molecule has 0 amide bonds. The third-order valence-electron chi connectivity index (χ3n) is 2.99. The molecule has 0 aliphatic rings. The van der Waals surface area contributed by atoms with Gasteiger partial charge in [0, 0.05) is 17.5 Å². The highest BCUT2D eigenvalue weighted by Crippen LogP contribution is 2.20. The molecule has 0 radical (unpaired) electrons. The first-order valence-corrected chi connectivity index (χ1v) is 8.42. The highest BCUT2D eigenvalue weighted by atomic mass is 79.9. The zero-order valence-corrected chi connectivity index (χ0v) is 13.9. The van der Waals surface area contributed by atoms with E-state index in [4.69, 9.17) is 9.47 Å². The van der Waals surface area contributed by atoms with Crippen LogP contribution in [0.3, 0.4) is 0 Å². The summed E-state index contributed by atoms with van der Waals surface area (Å²) in [5, 5.41) is 1.10. The smallest absolute Gasteiger partial charge is 0.127 e. The van der Waals surface area contributed by atoms with E-state index in [2.05, 4.69) is 22.5 Å². The Hall–Kier alpha value is -0.800. The molecule has 0 saturated carbocycles. The van der Waals surface area contributed by atoms with Crippen molar-refractivity contribution in [1.29, 1.82) is 0 Å². The molecule has 1 rings (SSSR count). The summed E-state index contributed by atoms with van der Waals surface area (Å²) in [7, 11) is 0. The van der Waals surface area contributed by atoms with E-state index < -0.39 is 0 Å². The van der Waals surface area contributed by atoms with Gasteiger partial charge in [-0.25, -0.2) is 0 Å². The van der Waals surface area contributed by atoms with E-state index in [9.17, 15) is 0 Å². The molecule has 20 heavy (non-hydrogen) atoms. The van der Waals surface area contributed by atoms with Gasteiger partial charge in [-0.05, 0) is 25.8 Å². The topological polar surface area (TPSA) is 18.5 Å². The molecule has 0 heterocycles. The molecular weight excluding hydrogens is 316 g/mol. The van der Waals surface area contributed by atoms with E-state index in [1.54, 1.807) is 0 Å². The molecule has 0 saturated heterocycles. The van der Waals surface area contributed by atoms with E-state index in [0.29, 0.717) is 6.61 Å². The van der Waals surface area contributed by atoms with Crippen LogP contribution in [-0.2, 0) is 4.74 Å². The Morgan fingerprint density at radius 3 is 2.70 bits per heavy atom. The van der Waals surface area contributed by atoms with Crippen LogP contribution >= 0.6 is 15.9 Å². The second kappa shape index (κ2) is 10.9. The minimum atomic E-state index is 0.0543. The minimum absolute atomic E-state index is 0.0543. The van der Waals surface area contributed by atoms with E-state index in [-0.39, 0.29) is 6.10 Å². The number of alkyl halides is 1. The van der Waals surface area contributed by atoms with E-state index >= 15 is 0 Å². The second-order valence-corrected chi connectivity index (χ2v) is 5.64. The van der Waals surface area contributed by atoms with Crippen molar-refractivity contribution in [3.05, 3.63) is 36.4 Å². The van der Waals surface area contributed by atoms with E-state index in [1.165, 1.54) is 19.3 Å². The maximum absolute atomic E-state index is 5.88. The van der Waals surface area contributed by atoms with Crippen molar-refractivity contribution in [2.24, 2.45) is 0 Å².